The van der Waals surface area contributed by atoms with Gasteiger partial charge in [0.1, 0.15) is 6.23 Å². The van der Waals surface area contributed by atoms with E-state index in [1.54, 1.807) is 0 Å². The maximum absolute atomic E-state index is 11.3. The van der Waals surface area contributed by atoms with Gasteiger partial charge in [-0.05, 0) is 19.8 Å². The Labute approximate surface area is 80.1 Å². The van der Waals surface area contributed by atoms with Crippen LogP contribution in [-0.4, -0.2) is 30.2 Å². The monoisotopic (exact) mass is 185 g/mol. The molecule has 1 fully saturated rings. The topological polar surface area (TPSA) is 29.5 Å². The number of rotatable bonds is 5. The minimum Gasteiger partial charge on any atom is -0.359 e. The van der Waals surface area contributed by atoms with Gasteiger partial charge in [0, 0.05) is 19.6 Å². The molecule has 0 N–H and O–H groups in total. The minimum atomic E-state index is -0.0263. The standard InChI is InChI=1S/C10H19NO2/c1-3-4-8-13-9(2)11-7-5-6-10(11)12/h9H,3-8H2,1-2H3. The molecule has 3 heteroatoms. The molecular formula is C10H19NO2. The Morgan fingerprint density at radius 2 is 2.38 bits per heavy atom. The highest BCUT2D eigenvalue weighted by atomic mass is 16.5. The SMILES string of the molecule is CCCCOC(C)N1CCCC1=O. The van der Waals surface area contributed by atoms with Crippen LogP contribution in [-0.2, 0) is 9.53 Å². The molecule has 1 aliphatic heterocycles. The van der Waals surface area contributed by atoms with Gasteiger partial charge >= 0.3 is 0 Å². The van der Waals surface area contributed by atoms with Gasteiger partial charge < -0.3 is 9.64 Å². The zero-order valence-corrected chi connectivity index (χ0v) is 8.58. The van der Waals surface area contributed by atoms with Crippen molar-refractivity contribution >= 4 is 5.91 Å². The lowest BCUT2D eigenvalue weighted by Gasteiger charge is -2.24. The van der Waals surface area contributed by atoms with Gasteiger partial charge in [-0.25, -0.2) is 0 Å². The van der Waals surface area contributed by atoms with E-state index in [0.717, 1.165) is 32.4 Å². The number of amides is 1. The summed E-state index contributed by atoms with van der Waals surface area (Å²) >= 11 is 0. The van der Waals surface area contributed by atoms with Crippen LogP contribution in [0.3, 0.4) is 0 Å². The van der Waals surface area contributed by atoms with Crippen LogP contribution in [0.2, 0.25) is 0 Å². The maximum atomic E-state index is 11.3. The van der Waals surface area contributed by atoms with Crippen molar-refractivity contribution in [2.24, 2.45) is 0 Å². The van der Waals surface area contributed by atoms with Gasteiger partial charge in [0.15, 0.2) is 0 Å². The van der Waals surface area contributed by atoms with Crippen molar-refractivity contribution < 1.29 is 9.53 Å². The first kappa shape index (κ1) is 10.5. The highest BCUT2D eigenvalue weighted by Crippen LogP contribution is 2.14. The van der Waals surface area contributed by atoms with Gasteiger partial charge in [-0.3, -0.25) is 4.79 Å². The fourth-order valence-electron chi connectivity index (χ4n) is 1.54. The second-order valence-corrected chi connectivity index (χ2v) is 3.51. The summed E-state index contributed by atoms with van der Waals surface area (Å²) in [4.78, 5) is 13.1. The highest BCUT2D eigenvalue weighted by molar-refractivity contribution is 5.78. The molecule has 1 unspecified atom stereocenters. The average molecular weight is 185 g/mol. The summed E-state index contributed by atoms with van der Waals surface area (Å²) < 4.78 is 5.54. The summed E-state index contributed by atoms with van der Waals surface area (Å²) in [6.07, 6.45) is 3.87. The molecule has 0 aliphatic carbocycles. The Hall–Kier alpha value is -0.570. The molecule has 3 nitrogen and oxygen atoms in total. The van der Waals surface area contributed by atoms with Crippen LogP contribution in [0.4, 0.5) is 0 Å². The van der Waals surface area contributed by atoms with Crippen molar-refractivity contribution in [2.45, 2.75) is 45.8 Å². The molecule has 1 rings (SSSR count). The van der Waals surface area contributed by atoms with E-state index in [1.165, 1.54) is 0 Å². The predicted octanol–water partition coefficient (Wildman–Crippen LogP) is 1.77. The number of ether oxygens (including phenoxy) is 1. The van der Waals surface area contributed by atoms with Crippen LogP contribution in [0.25, 0.3) is 0 Å². The minimum absolute atomic E-state index is 0.0263. The molecule has 1 aliphatic rings. The van der Waals surface area contributed by atoms with Crippen LogP contribution in [0, 0.1) is 0 Å². The van der Waals surface area contributed by atoms with Crippen molar-refractivity contribution in [1.82, 2.24) is 4.90 Å². The van der Waals surface area contributed by atoms with Crippen LogP contribution in [0.5, 0.6) is 0 Å². The number of hydrogen-bond donors (Lipinski definition) is 0. The fourth-order valence-corrected chi connectivity index (χ4v) is 1.54. The van der Waals surface area contributed by atoms with E-state index in [4.69, 9.17) is 4.74 Å². The quantitative estimate of drug-likeness (QED) is 0.611. The molecule has 0 saturated carbocycles. The van der Waals surface area contributed by atoms with E-state index in [-0.39, 0.29) is 12.1 Å². The Morgan fingerprint density at radius 1 is 1.62 bits per heavy atom. The number of hydrogen-bond acceptors (Lipinski definition) is 2. The summed E-state index contributed by atoms with van der Waals surface area (Å²) in [6, 6.07) is 0. The second-order valence-electron chi connectivity index (χ2n) is 3.51. The molecule has 0 bridgehead atoms. The normalized spacial score (nSPS) is 19.5. The van der Waals surface area contributed by atoms with Gasteiger partial charge in [-0.1, -0.05) is 13.3 Å². The van der Waals surface area contributed by atoms with Crippen LogP contribution in [0.1, 0.15) is 39.5 Å². The maximum Gasteiger partial charge on any atom is 0.224 e. The van der Waals surface area contributed by atoms with Crippen molar-refractivity contribution in [3.05, 3.63) is 0 Å². The largest absolute Gasteiger partial charge is 0.359 e. The lowest BCUT2D eigenvalue weighted by molar-refractivity contribution is -0.139. The lowest BCUT2D eigenvalue weighted by Crippen LogP contribution is -2.36. The van der Waals surface area contributed by atoms with Crippen molar-refractivity contribution in [3.63, 3.8) is 0 Å². The smallest absolute Gasteiger partial charge is 0.224 e. The van der Waals surface area contributed by atoms with Crippen LogP contribution in [0.15, 0.2) is 0 Å². The Bertz CT molecular complexity index is 170. The number of likely N-dealkylation sites (tertiary alicyclic amines) is 1. The van der Waals surface area contributed by atoms with Crippen molar-refractivity contribution in [1.29, 1.82) is 0 Å². The molecule has 0 radical (unpaired) electrons. The number of carbonyl (C=O) groups excluding carboxylic acids is 1. The highest BCUT2D eigenvalue weighted by Gasteiger charge is 2.24. The molecule has 0 aromatic heterocycles. The van der Waals surface area contributed by atoms with Gasteiger partial charge in [-0.15, -0.1) is 0 Å². The van der Waals surface area contributed by atoms with E-state index in [1.807, 2.05) is 11.8 Å². The molecule has 13 heavy (non-hydrogen) atoms. The van der Waals surface area contributed by atoms with E-state index in [0.29, 0.717) is 6.42 Å². The summed E-state index contributed by atoms with van der Waals surface area (Å²) in [5.74, 6) is 0.240. The molecule has 1 amide bonds. The Balaban J connectivity index is 2.22. The van der Waals surface area contributed by atoms with E-state index >= 15 is 0 Å². The third-order valence-electron chi connectivity index (χ3n) is 2.41. The summed E-state index contributed by atoms with van der Waals surface area (Å²) in [5.41, 5.74) is 0. The van der Waals surface area contributed by atoms with Gasteiger partial charge in [0.05, 0.1) is 0 Å². The number of carbonyl (C=O) groups is 1. The summed E-state index contributed by atoms with van der Waals surface area (Å²) in [5, 5.41) is 0. The van der Waals surface area contributed by atoms with Crippen molar-refractivity contribution in [2.75, 3.05) is 13.2 Å². The second kappa shape index (κ2) is 5.22. The first-order valence-corrected chi connectivity index (χ1v) is 5.16. The molecule has 1 heterocycles. The van der Waals surface area contributed by atoms with Crippen molar-refractivity contribution in [3.8, 4) is 0 Å². The van der Waals surface area contributed by atoms with E-state index < -0.39 is 0 Å². The first-order chi connectivity index (χ1) is 6.25. The Morgan fingerprint density at radius 3 is 2.92 bits per heavy atom. The molecule has 76 valence electrons. The number of nitrogens with zero attached hydrogens (tertiary/aromatic N) is 1. The molecule has 0 aromatic carbocycles. The van der Waals surface area contributed by atoms with E-state index in [9.17, 15) is 4.79 Å². The predicted molar refractivity (Wildman–Crippen MR) is 51.3 cm³/mol. The van der Waals surface area contributed by atoms with Gasteiger partial charge in [0.2, 0.25) is 5.91 Å². The first-order valence-electron chi connectivity index (χ1n) is 5.16. The Kier molecular flexibility index (Phi) is 4.22. The molecular weight excluding hydrogens is 166 g/mol. The zero-order valence-electron chi connectivity index (χ0n) is 8.58. The summed E-state index contributed by atoms with van der Waals surface area (Å²) in [7, 11) is 0. The van der Waals surface area contributed by atoms with Gasteiger partial charge in [0.25, 0.3) is 0 Å². The fraction of sp³-hybridized carbons (Fsp3) is 0.900. The number of unbranched alkanes of at least 4 members (excludes halogenated alkanes) is 1. The summed E-state index contributed by atoms with van der Waals surface area (Å²) in [6.45, 7) is 5.72. The van der Waals surface area contributed by atoms with Crippen LogP contribution >= 0.6 is 0 Å². The molecule has 0 aromatic rings. The van der Waals surface area contributed by atoms with Gasteiger partial charge in [-0.2, -0.15) is 0 Å². The average Bonchev–Trinajstić information content (AvgIpc) is 2.52. The lowest BCUT2D eigenvalue weighted by atomic mass is 10.4. The van der Waals surface area contributed by atoms with Crippen LogP contribution < -0.4 is 0 Å². The van der Waals surface area contributed by atoms with E-state index in [2.05, 4.69) is 6.92 Å². The molecule has 1 atom stereocenters. The third-order valence-corrected chi connectivity index (χ3v) is 2.41. The molecule has 1 saturated heterocycles. The zero-order chi connectivity index (χ0) is 9.68. The molecule has 0 spiro atoms. The third kappa shape index (κ3) is 2.99.